The van der Waals surface area contributed by atoms with Crippen LogP contribution >= 0.6 is 0 Å². The summed E-state index contributed by atoms with van der Waals surface area (Å²) in [6, 6.07) is 0.812. The van der Waals surface area contributed by atoms with Gasteiger partial charge in [-0.2, -0.15) is 0 Å². The van der Waals surface area contributed by atoms with Gasteiger partial charge in [-0.15, -0.1) is 0 Å². The Morgan fingerprint density at radius 2 is 1.36 bits per heavy atom. The van der Waals surface area contributed by atoms with E-state index in [1.165, 1.54) is 26.3 Å². The van der Waals surface area contributed by atoms with Gasteiger partial charge in [-0.25, -0.2) is 0 Å². The van der Waals surface area contributed by atoms with Crippen LogP contribution in [-0.4, -0.2) is 30.8 Å². The fourth-order valence-corrected chi connectivity index (χ4v) is 3.43. The van der Waals surface area contributed by atoms with Gasteiger partial charge in [0.1, 0.15) is 6.29 Å². The molecule has 0 aromatic carbocycles. The van der Waals surface area contributed by atoms with Crippen LogP contribution < -0.4 is 0 Å². The summed E-state index contributed by atoms with van der Waals surface area (Å²) in [6.45, 7) is 24.4. The molecule has 0 N–H and O–H groups in total. The van der Waals surface area contributed by atoms with Crippen LogP contribution in [0.25, 0.3) is 0 Å². The van der Waals surface area contributed by atoms with Gasteiger partial charge in [-0.05, 0) is 50.5 Å². The summed E-state index contributed by atoms with van der Waals surface area (Å²) in [7, 11) is 2.28. The molecule has 2 rings (SSSR count). The number of likely N-dealkylation sites (tertiary alicyclic amines) is 1. The quantitative estimate of drug-likeness (QED) is 0.507. The van der Waals surface area contributed by atoms with Gasteiger partial charge in [0, 0.05) is 12.6 Å². The third-order valence-corrected chi connectivity index (χ3v) is 4.25. The van der Waals surface area contributed by atoms with Crippen molar-refractivity contribution in [3.63, 3.8) is 0 Å². The fraction of sp³-hybridized carbons (Fsp3) is 0.950. The van der Waals surface area contributed by atoms with Crippen LogP contribution in [0.4, 0.5) is 0 Å². The van der Waals surface area contributed by atoms with Gasteiger partial charge in [0.25, 0.3) is 0 Å². The molecule has 0 aromatic heterocycles. The summed E-state index contributed by atoms with van der Waals surface area (Å²) in [5.74, 6) is 0.979. The molecule has 1 saturated heterocycles. The van der Waals surface area contributed by atoms with Crippen molar-refractivity contribution in [2.45, 2.75) is 95.0 Å². The van der Waals surface area contributed by atoms with Crippen molar-refractivity contribution >= 4 is 6.29 Å². The SMILES string of the molecule is CC.CC.CC.CC1CC2(C[C@@H]2C(C)(C)C)CN1C.CC=O. The summed E-state index contributed by atoms with van der Waals surface area (Å²) < 4.78 is 0. The minimum absolute atomic E-state index is 0.533. The standard InChI is InChI=1S/C12H23N.C2H4O.3C2H6/c1-9-6-12(8-13(9)5)7-10(12)11(2,3)4;1-2-3;3*1-2/h9-10H,6-8H2,1-5H3;2H,1H3;3*1-2H3/t9?,10-,12?;;;;/m1..../s1. The molecule has 136 valence electrons. The van der Waals surface area contributed by atoms with Crippen molar-refractivity contribution in [2.75, 3.05) is 13.6 Å². The van der Waals surface area contributed by atoms with Gasteiger partial charge in [0.05, 0.1) is 0 Å². The first kappa shape index (κ1) is 26.5. The molecule has 2 aliphatic rings. The molecule has 22 heavy (non-hydrogen) atoms. The fourth-order valence-electron chi connectivity index (χ4n) is 3.43. The number of rotatable bonds is 0. The van der Waals surface area contributed by atoms with E-state index in [2.05, 4.69) is 39.6 Å². The topological polar surface area (TPSA) is 20.3 Å². The minimum atomic E-state index is 0.533. The smallest absolute Gasteiger partial charge is 0.116 e. The number of hydrogen-bond acceptors (Lipinski definition) is 2. The number of carbonyl (C=O) groups is 1. The zero-order chi connectivity index (χ0) is 18.6. The molecular weight excluding hydrogens is 270 g/mol. The highest BCUT2D eigenvalue weighted by Gasteiger charge is 2.61. The largest absolute Gasteiger partial charge is 0.304 e. The Morgan fingerprint density at radius 3 is 1.55 bits per heavy atom. The highest BCUT2D eigenvalue weighted by atomic mass is 16.1. The average Bonchev–Trinajstić information content (AvgIpc) is 3.12. The van der Waals surface area contributed by atoms with Crippen LogP contribution in [-0.2, 0) is 4.79 Å². The molecule has 3 atom stereocenters. The molecule has 0 bridgehead atoms. The van der Waals surface area contributed by atoms with E-state index in [1.807, 2.05) is 41.5 Å². The number of carbonyl (C=O) groups excluding carboxylic acids is 1. The second-order valence-electron chi connectivity index (χ2n) is 6.69. The highest BCUT2D eigenvalue weighted by Crippen LogP contribution is 2.65. The van der Waals surface area contributed by atoms with Crippen LogP contribution in [0.5, 0.6) is 0 Å². The van der Waals surface area contributed by atoms with Crippen LogP contribution in [0.15, 0.2) is 0 Å². The molecule has 1 aliphatic carbocycles. The van der Waals surface area contributed by atoms with Gasteiger partial charge >= 0.3 is 0 Å². The second-order valence-corrected chi connectivity index (χ2v) is 6.69. The Hall–Kier alpha value is -0.370. The Labute approximate surface area is 142 Å². The van der Waals surface area contributed by atoms with Gasteiger partial charge in [-0.1, -0.05) is 62.3 Å². The summed E-state index contributed by atoms with van der Waals surface area (Å²) in [4.78, 5) is 11.3. The maximum absolute atomic E-state index is 8.81. The van der Waals surface area contributed by atoms with Crippen molar-refractivity contribution in [1.82, 2.24) is 4.90 Å². The molecule has 0 amide bonds. The van der Waals surface area contributed by atoms with Gasteiger partial charge < -0.3 is 9.69 Å². The second kappa shape index (κ2) is 13.1. The van der Waals surface area contributed by atoms with E-state index in [0.29, 0.717) is 10.8 Å². The molecule has 0 radical (unpaired) electrons. The van der Waals surface area contributed by atoms with Crippen molar-refractivity contribution in [2.24, 2.45) is 16.7 Å². The first-order valence-corrected chi connectivity index (χ1v) is 9.37. The third kappa shape index (κ3) is 8.31. The van der Waals surface area contributed by atoms with E-state index in [0.717, 1.165) is 18.2 Å². The Kier molecular flexibility index (Phi) is 15.8. The number of aldehydes is 1. The van der Waals surface area contributed by atoms with Crippen LogP contribution in [0.2, 0.25) is 0 Å². The van der Waals surface area contributed by atoms with E-state index in [1.54, 1.807) is 0 Å². The van der Waals surface area contributed by atoms with E-state index >= 15 is 0 Å². The van der Waals surface area contributed by atoms with Crippen molar-refractivity contribution in [3.8, 4) is 0 Å². The van der Waals surface area contributed by atoms with Crippen molar-refractivity contribution < 1.29 is 4.79 Å². The maximum Gasteiger partial charge on any atom is 0.116 e. The Balaban J connectivity index is -0.000000344. The predicted molar refractivity (Wildman–Crippen MR) is 102 cm³/mol. The summed E-state index contributed by atoms with van der Waals surface area (Å²) >= 11 is 0. The van der Waals surface area contributed by atoms with Crippen LogP contribution in [0, 0.1) is 16.7 Å². The lowest BCUT2D eigenvalue weighted by Gasteiger charge is -2.21. The van der Waals surface area contributed by atoms with E-state index in [-0.39, 0.29) is 0 Å². The first-order chi connectivity index (χ1) is 10.3. The molecule has 0 aromatic rings. The van der Waals surface area contributed by atoms with E-state index in [9.17, 15) is 0 Å². The number of nitrogens with zero attached hydrogens (tertiary/aromatic N) is 1. The van der Waals surface area contributed by atoms with Gasteiger partial charge in [-0.3, -0.25) is 0 Å². The highest BCUT2D eigenvalue weighted by molar-refractivity contribution is 5.44. The Bertz CT molecular complexity index is 245. The number of hydrogen-bond donors (Lipinski definition) is 0. The maximum atomic E-state index is 8.81. The molecule has 1 saturated carbocycles. The van der Waals surface area contributed by atoms with Crippen LogP contribution in [0.3, 0.4) is 0 Å². The molecule has 2 fully saturated rings. The lowest BCUT2D eigenvalue weighted by atomic mass is 9.84. The molecule has 2 nitrogen and oxygen atoms in total. The van der Waals surface area contributed by atoms with E-state index < -0.39 is 0 Å². The van der Waals surface area contributed by atoms with E-state index in [4.69, 9.17) is 4.79 Å². The first-order valence-electron chi connectivity index (χ1n) is 9.37. The summed E-state index contributed by atoms with van der Waals surface area (Å²) in [6.07, 6.45) is 3.66. The Morgan fingerprint density at radius 1 is 1.00 bits per heavy atom. The monoisotopic (exact) mass is 315 g/mol. The molecule has 2 heteroatoms. The van der Waals surface area contributed by atoms with Crippen molar-refractivity contribution in [3.05, 3.63) is 0 Å². The third-order valence-electron chi connectivity index (χ3n) is 4.25. The predicted octanol–water partition coefficient (Wildman–Crippen LogP) is 6.05. The molecule has 2 unspecified atom stereocenters. The zero-order valence-electron chi connectivity index (χ0n) is 17.7. The molecule has 1 heterocycles. The normalized spacial score (nSPS) is 28.5. The van der Waals surface area contributed by atoms with Gasteiger partial charge in [0.15, 0.2) is 0 Å². The van der Waals surface area contributed by atoms with Crippen molar-refractivity contribution in [1.29, 1.82) is 0 Å². The lowest BCUT2D eigenvalue weighted by molar-refractivity contribution is -0.106. The zero-order valence-corrected chi connectivity index (χ0v) is 17.7. The minimum Gasteiger partial charge on any atom is -0.304 e. The molecule has 1 aliphatic heterocycles. The van der Waals surface area contributed by atoms with Gasteiger partial charge in [0.2, 0.25) is 0 Å². The van der Waals surface area contributed by atoms with Crippen LogP contribution in [0.1, 0.15) is 89.0 Å². The molecule has 1 spiro atoms. The summed E-state index contributed by atoms with van der Waals surface area (Å²) in [5, 5.41) is 0. The molecular formula is C20H45NO. The summed E-state index contributed by atoms with van der Waals surface area (Å²) in [5.41, 5.74) is 1.25. The lowest BCUT2D eigenvalue weighted by Crippen LogP contribution is -2.22. The average molecular weight is 316 g/mol.